The van der Waals surface area contributed by atoms with Crippen molar-refractivity contribution in [1.29, 1.82) is 5.41 Å². The molecule has 0 atom stereocenters. The molecule has 0 saturated carbocycles. The van der Waals surface area contributed by atoms with Crippen molar-refractivity contribution in [1.82, 2.24) is 0 Å². The molecule has 0 spiro atoms. The van der Waals surface area contributed by atoms with Crippen LogP contribution in [-0.2, 0) is 0 Å². The normalized spacial score (nSPS) is 11.4. The molecule has 3 nitrogen and oxygen atoms in total. The first kappa shape index (κ1) is 9.45. The van der Waals surface area contributed by atoms with E-state index in [-0.39, 0.29) is 0 Å². The van der Waals surface area contributed by atoms with Crippen LogP contribution in [0.1, 0.15) is 18.1 Å². The Bertz CT molecular complexity index is 336. The molecule has 0 aliphatic carbocycles. The van der Waals surface area contributed by atoms with E-state index in [9.17, 15) is 0 Å². The number of nitrogens with one attached hydrogen (secondary N) is 1. The molecular weight excluding hydrogens is 162 g/mol. The van der Waals surface area contributed by atoms with Gasteiger partial charge in [-0.15, -0.1) is 0 Å². The largest absolute Gasteiger partial charge is 0.323 e. The number of aryl methyl sites for hydroxylation is 1. The molecule has 0 aliphatic rings. The number of nitrogens with two attached hydrogens (primary N) is 1. The van der Waals surface area contributed by atoms with Gasteiger partial charge in [-0.05, 0) is 13.8 Å². The molecule has 1 rings (SSSR count). The van der Waals surface area contributed by atoms with Crippen LogP contribution in [-0.4, -0.2) is 11.4 Å². The molecule has 3 N–H and O–H groups in total. The van der Waals surface area contributed by atoms with Gasteiger partial charge in [0.05, 0.1) is 11.4 Å². The van der Waals surface area contributed by atoms with E-state index in [0.29, 0.717) is 11.4 Å². The van der Waals surface area contributed by atoms with Gasteiger partial charge in [0.15, 0.2) is 0 Å². The predicted octanol–water partition coefficient (Wildman–Crippen LogP) is 1.70. The Kier molecular flexibility index (Phi) is 2.80. The molecule has 0 amide bonds. The van der Waals surface area contributed by atoms with Crippen molar-refractivity contribution in [3.05, 3.63) is 35.4 Å². The fourth-order valence-corrected chi connectivity index (χ4v) is 0.994. The fraction of sp³-hybridized carbons (Fsp3) is 0.200. The molecular formula is C10H13N3. The van der Waals surface area contributed by atoms with Gasteiger partial charge in [0.1, 0.15) is 0 Å². The Morgan fingerprint density at radius 3 is 2.31 bits per heavy atom. The molecule has 0 heterocycles. The average molecular weight is 175 g/mol. The maximum absolute atomic E-state index is 7.70. The smallest absolute Gasteiger partial charge is 0.0841 e. The monoisotopic (exact) mass is 175 g/mol. The predicted molar refractivity (Wildman–Crippen MR) is 55.3 cm³/mol. The van der Waals surface area contributed by atoms with Crippen LogP contribution in [0.15, 0.2) is 29.4 Å². The third-order valence-electron chi connectivity index (χ3n) is 1.90. The van der Waals surface area contributed by atoms with Gasteiger partial charge < -0.3 is 5.84 Å². The highest BCUT2D eigenvalue weighted by molar-refractivity contribution is 6.46. The molecule has 0 saturated heterocycles. The summed E-state index contributed by atoms with van der Waals surface area (Å²) in [7, 11) is 0. The van der Waals surface area contributed by atoms with Crippen LogP contribution in [0.3, 0.4) is 0 Å². The quantitative estimate of drug-likeness (QED) is 0.401. The molecule has 1 aromatic rings. The van der Waals surface area contributed by atoms with E-state index in [1.54, 1.807) is 6.92 Å². The van der Waals surface area contributed by atoms with E-state index in [1.807, 2.05) is 31.2 Å². The minimum atomic E-state index is 0.377. The maximum Gasteiger partial charge on any atom is 0.0841 e. The SMILES string of the molecule is C/C(=N/N)C(=N)c1ccc(C)cc1. The Balaban J connectivity index is 2.97. The van der Waals surface area contributed by atoms with Gasteiger partial charge in [-0.1, -0.05) is 29.8 Å². The summed E-state index contributed by atoms with van der Waals surface area (Å²) in [6.45, 7) is 3.74. The Morgan fingerprint density at radius 2 is 1.85 bits per heavy atom. The summed E-state index contributed by atoms with van der Waals surface area (Å²) < 4.78 is 0. The van der Waals surface area contributed by atoms with Gasteiger partial charge in [-0.2, -0.15) is 5.10 Å². The standard InChI is InChI=1S/C10H13N3/c1-7-3-5-9(6-4-7)10(11)8(2)13-12/h3-6,11H,12H2,1-2H3/b11-10?,13-8-. The third kappa shape index (κ3) is 2.15. The van der Waals surface area contributed by atoms with Crippen LogP contribution in [0, 0.1) is 12.3 Å². The first-order chi connectivity index (χ1) is 6.15. The van der Waals surface area contributed by atoms with E-state index >= 15 is 0 Å². The van der Waals surface area contributed by atoms with Crippen LogP contribution >= 0.6 is 0 Å². The van der Waals surface area contributed by atoms with E-state index in [2.05, 4.69) is 5.10 Å². The third-order valence-corrected chi connectivity index (χ3v) is 1.90. The van der Waals surface area contributed by atoms with Gasteiger partial charge >= 0.3 is 0 Å². The lowest BCUT2D eigenvalue weighted by molar-refractivity contribution is 1.24. The number of hydrogen-bond donors (Lipinski definition) is 2. The lowest BCUT2D eigenvalue weighted by atomic mass is 10.1. The topological polar surface area (TPSA) is 62.2 Å². The first-order valence-electron chi connectivity index (χ1n) is 4.05. The molecule has 0 unspecified atom stereocenters. The van der Waals surface area contributed by atoms with Crippen molar-refractivity contribution >= 4 is 11.4 Å². The number of hydrogen-bond acceptors (Lipinski definition) is 3. The van der Waals surface area contributed by atoms with Gasteiger partial charge in [-0.25, -0.2) is 0 Å². The number of rotatable bonds is 2. The number of hydrazone groups is 1. The molecule has 0 fully saturated rings. The summed E-state index contributed by atoms with van der Waals surface area (Å²) in [5.74, 6) is 5.09. The first-order valence-corrected chi connectivity index (χ1v) is 4.05. The number of benzene rings is 1. The van der Waals surface area contributed by atoms with E-state index < -0.39 is 0 Å². The maximum atomic E-state index is 7.70. The molecule has 0 bridgehead atoms. The highest BCUT2D eigenvalue weighted by Gasteiger charge is 2.03. The van der Waals surface area contributed by atoms with E-state index in [4.69, 9.17) is 11.3 Å². The molecule has 13 heavy (non-hydrogen) atoms. The second-order valence-electron chi connectivity index (χ2n) is 2.96. The van der Waals surface area contributed by atoms with Crippen molar-refractivity contribution in [3.8, 4) is 0 Å². The van der Waals surface area contributed by atoms with Gasteiger partial charge in [-0.3, -0.25) is 5.41 Å². The van der Waals surface area contributed by atoms with Crippen LogP contribution < -0.4 is 5.84 Å². The summed E-state index contributed by atoms with van der Waals surface area (Å²) in [4.78, 5) is 0. The Hall–Kier alpha value is -1.64. The van der Waals surface area contributed by atoms with Crippen LogP contribution in [0.5, 0.6) is 0 Å². The lowest BCUT2D eigenvalue weighted by Crippen LogP contribution is -2.12. The summed E-state index contributed by atoms with van der Waals surface area (Å²) in [5, 5.41) is 11.2. The Morgan fingerprint density at radius 1 is 1.31 bits per heavy atom. The Labute approximate surface area is 77.8 Å². The highest BCUT2D eigenvalue weighted by Crippen LogP contribution is 2.04. The zero-order chi connectivity index (χ0) is 9.84. The van der Waals surface area contributed by atoms with Crippen molar-refractivity contribution in [3.63, 3.8) is 0 Å². The van der Waals surface area contributed by atoms with E-state index in [1.165, 1.54) is 5.56 Å². The number of nitrogens with zero attached hydrogens (tertiary/aromatic N) is 1. The zero-order valence-corrected chi connectivity index (χ0v) is 7.83. The van der Waals surface area contributed by atoms with Crippen molar-refractivity contribution in [2.75, 3.05) is 0 Å². The van der Waals surface area contributed by atoms with Crippen LogP contribution in [0.25, 0.3) is 0 Å². The summed E-state index contributed by atoms with van der Waals surface area (Å²) in [5.41, 5.74) is 2.95. The summed E-state index contributed by atoms with van der Waals surface area (Å²) in [6.07, 6.45) is 0. The summed E-state index contributed by atoms with van der Waals surface area (Å²) in [6, 6.07) is 7.72. The van der Waals surface area contributed by atoms with Gasteiger partial charge in [0.2, 0.25) is 0 Å². The fourth-order valence-electron chi connectivity index (χ4n) is 0.994. The molecule has 68 valence electrons. The second-order valence-corrected chi connectivity index (χ2v) is 2.96. The lowest BCUT2D eigenvalue weighted by Gasteiger charge is -2.02. The van der Waals surface area contributed by atoms with Crippen molar-refractivity contribution in [2.24, 2.45) is 10.9 Å². The minimum Gasteiger partial charge on any atom is -0.323 e. The molecule has 0 aromatic heterocycles. The molecule has 3 heteroatoms. The average Bonchev–Trinajstić information content (AvgIpc) is 2.17. The minimum absolute atomic E-state index is 0.377. The van der Waals surface area contributed by atoms with Gasteiger partial charge in [0, 0.05) is 5.56 Å². The van der Waals surface area contributed by atoms with Gasteiger partial charge in [0.25, 0.3) is 0 Å². The summed E-state index contributed by atoms with van der Waals surface area (Å²) >= 11 is 0. The highest BCUT2D eigenvalue weighted by atomic mass is 15.1. The van der Waals surface area contributed by atoms with E-state index in [0.717, 1.165) is 5.56 Å². The zero-order valence-electron chi connectivity index (χ0n) is 7.83. The van der Waals surface area contributed by atoms with Crippen molar-refractivity contribution < 1.29 is 0 Å². The molecule has 0 radical (unpaired) electrons. The van der Waals surface area contributed by atoms with Crippen molar-refractivity contribution in [2.45, 2.75) is 13.8 Å². The molecule has 1 aromatic carbocycles. The van der Waals surface area contributed by atoms with Crippen LogP contribution in [0.4, 0.5) is 0 Å². The second kappa shape index (κ2) is 3.85. The molecule has 0 aliphatic heterocycles. The van der Waals surface area contributed by atoms with Crippen LogP contribution in [0.2, 0.25) is 0 Å².